The summed E-state index contributed by atoms with van der Waals surface area (Å²) in [5, 5.41) is 10.3. The zero-order chi connectivity index (χ0) is 16.9. The van der Waals surface area contributed by atoms with E-state index in [0.717, 1.165) is 21.4 Å². The highest BCUT2D eigenvalue weighted by molar-refractivity contribution is 5.70. The lowest BCUT2D eigenvalue weighted by atomic mass is 10.1. The fourth-order valence-corrected chi connectivity index (χ4v) is 2.44. The van der Waals surface area contributed by atoms with Crippen LogP contribution in [0.1, 0.15) is 13.8 Å². The van der Waals surface area contributed by atoms with Gasteiger partial charge in [0.25, 0.3) is 0 Å². The molecule has 3 heteroatoms. The molecule has 0 aliphatic heterocycles. The van der Waals surface area contributed by atoms with Gasteiger partial charge >= 0.3 is 0 Å². The highest BCUT2D eigenvalue weighted by Crippen LogP contribution is 2.29. The topological polar surface area (TPSA) is 29.5 Å². The van der Waals surface area contributed by atoms with Gasteiger partial charge in [0.05, 0.1) is 20.1 Å². The van der Waals surface area contributed by atoms with Gasteiger partial charge < -0.3 is 14.3 Å². The number of para-hydroxylation sites is 1. The minimum absolute atomic E-state index is 0.304. The number of likely N-dealkylation sites (N-methyl/N-ethyl adjacent to an activating group) is 1. The van der Waals surface area contributed by atoms with E-state index in [1.165, 1.54) is 0 Å². The van der Waals surface area contributed by atoms with E-state index in [1.807, 2.05) is 42.5 Å². The first-order chi connectivity index (χ1) is 10.9. The third-order valence-corrected chi connectivity index (χ3v) is 4.48. The lowest BCUT2D eigenvalue weighted by Crippen LogP contribution is -2.51. The SMILES string of the molecule is CC(C)[N+](C)(C)C[C@@H](O)COc1ccccc1-c1ccccc1. The van der Waals surface area contributed by atoms with Crippen molar-refractivity contribution in [1.82, 2.24) is 0 Å². The summed E-state index contributed by atoms with van der Waals surface area (Å²) in [6.07, 6.45) is -0.490. The fourth-order valence-electron chi connectivity index (χ4n) is 2.44. The second kappa shape index (κ2) is 7.62. The van der Waals surface area contributed by atoms with E-state index in [1.54, 1.807) is 0 Å². The molecule has 3 nitrogen and oxygen atoms in total. The lowest BCUT2D eigenvalue weighted by molar-refractivity contribution is -0.914. The molecular formula is C20H28NO2+. The summed E-state index contributed by atoms with van der Waals surface area (Å²) in [5.74, 6) is 0.813. The van der Waals surface area contributed by atoms with Crippen molar-refractivity contribution in [2.24, 2.45) is 0 Å². The van der Waals surface area contributed by atoms with Gasteiger partial charge in [0.2, 0.25) is 0 Å². The van der Waals surface area contributed by atoms with Crippen molar-refractivity contribution < 1.29 is 14.3 Å². The number of hydrogen-bond donors (Lipinski definition) is 1. The Balaban J connectivity index is 2.04. The molecule has 0 radical (unpaired) electrons. The Morgan fingerprint density at radius 2 is 1.57 bits per heavy atom. The normalized spacial score (nSPS) is 13.1. The number of aliphatic hydroxyl groups is 1. The number of rotatable bonds is 7. The molecule has 0 heterocycles. The molecule has 2 aromatic rings. The number of benzene rings is 2. The maximum absolute atomic E-state index is 10.3. The van der Waals surface area contributed by atoms with Crippen LogP contribution >= 0.6 is 0 Å². The first kappa shape index (κ1) is 17.5. The van der Waals surface area contributed by atoms with Gasteiger partial charge in [0, 0.05) is 5.56 Å². The minimum atomic E-state index is -0.490. The average molecular weight is 314 g/mol. The molecule has 1 atom stereocenters. The largest absolute Gasteiger partial charge is 0.490 e. The first-order valence-corrected chi connectivity index (χ1v) is 8.18. The Kier molecular flexibility index (Phi) is 5.80. The van der Waals surface area contributed by atoms with Gasteiger partial charge in [-0.2, -0.15) is 0 Å². The summed E-state index contributed by atoms with van der Waals surface area (Å²) in [6.45, 7) is 5.31. The molecule has 2 rings (SSSR count). The van der Waals surface area contributed by atoms with Gasteiger partial charge in [-0.05, 0) is 25.5 Å². The molecule has 1 N–H and O–H groups in total. The van der Waals surface area contributed by atoms with E-state index in [-0.39, 0.29) is 0 Å². The quantitative estimate of drug-likeness (QED) is 0.792. The van der Waals surface area contributed by atoms with E-state index in [2.05, 4.69) is 40.1 Å². The van der Waals surface area contributed by atoms with Crippen molar-refractivity contribution in [3.63, 3.8) is 0 Å². The molecule has 0 fully saturated rings. The number of aliphatic hydroxyl groups excluding tert-OH is 1. The summed E-state index contributed by atoms with van der Waals surface area (Å²) in [6, 6.07) is 18.6. The molecule has 0 bridgehead atoms. The Morgan fingerprint density at radius 1 is 0.957 bits per heavy atom. The summed E-state index contributed by atoms with van der Waals surface area (Å²) >= 11 is 0. The van der Waals surface area contributed by atoms with Crippen molar-refractivity contribution in [3.05, 3.63) is 54.6 Å². The maximum Gasteiger partial charge on any atom is 0.137 e. The fraction of sp³-hybridized carbons (Fsp3) is 0.400. The average Bonchev–Trinajstić information content (AvgIpc) is 2.53. The smallest absolute Gasteiger partial charge is 0.137 e. The highest BCUT2D eigenvalue weighted by atomic mass is 16.5. The third kappa shape index (κ3) is 4.81. The second-order valence-corrected chi connectivity index (χ2v) is 6.88. The molecule has 0 unspecified atom stereocenters. The first-order valence-electron chi connectivity index (χ1n) is 8.18. The molecule has 0 saturated heterocycles. The zero-order valence-electron chi connectivity index (χ0n) is 14.6. The number of nitrogens with zero attached hydrogens (tertiary/aromatic N) is 1. The third-order valence-electron chi connectivity index (χ3n) is 4.48. The van der Waals surface area contributed by atoms with E-state index in [0.29, 0.717) is 19.2 Å². The van der Waals surface area contributed by atoms with Gasteiger partial charge in [0.1, 0.15) is 25.0 Å². The van der Waals surface area contributed by atoms with Crippen molar-refractivity contribution in [3.8, 4) is 16.9 Å². The van der Waals surface area contributed by atoms with E-state index in [9.17, 15) is 5.11 Å². The molecule has 124 valence electrons. The monoisotopic (exact) mass is 314 g/mol. The standard InChI is InChI=1S/C20H28NO2/c1-16(2)21(3,4)14-18(22)15-23-20-13-9-8-12-19(20)17-10-6-5-7-11-17/h5-13,16,18,22H,14-15H2,1-4H3/q+1/t18-/m1/s1. The van der Waals surface area contributed by atoms with Crippen LogP contribution in [0.3, 0.4) is 0 Å². The van der Waals surface area contributed by atoms with Crippen molar-refractivity contribution in [2.75, 3.05) is 27.2 Å². The number of quaternary nitrogens is 1. The van der Waals surface area contributed by atoms with Crippen LogP contribution in [0, 0.1) is 0 Å². The van der Waals surface area contributed by atoms with Crippen LogP contribution in [-0.4, -0.2) is 49.0 Å². The van der Waals surface area contributed by atoms with Gasteiger partial charge in [-0.1, -0.05) is 48.5 Å². The van der Waals surface area contributed by atoms with Crippen LogP contribution in [0.5, 0.6) is 5.75 Å². The van der Waals surface area contributed by atoms with Gasteiger partial charge in [-0.3, -0.25) is 0 Å². The molecule has 2 aromatic carbocycles. The van der Waals surface area contributed by atoms with Crippen molar-refractivity contribution >= 4 is 0 Å². The summed E-state index contributed by atoms with van der Waals surface area (Å²) in [7, 11) is 4.26. The van der Waals surface area contributed by atoms with Gasteiger partial charge in [0.15, 0.2) is 0 Å². The molecule has 0 aliphatic carbocycles. The summed E-state index contributed by atoms with van der Waals surface area (Å²) in [5.41, 5.74) is 2.17. The van der Waals surface area contributed by atoms with E-state index >= 15 is 0 Å². The predicted molar refractivity (Wildman–Crippen MR) is 95.5 cm³/mol. The number of ether oxygens (including phenoxy) is 1. The molecule has 0 aromatic heterocycles. The van der Waals surface area contributed by atoms with Crippen molar-refractivity contribution in [1.29, 1.82) is 0 Å². The van der Waals surface area contributed by atoms with Crippen molar-refractivity contribution in [2.45, 2.75) is 26.0 Å². The van der Waals surface area contributed by atoms with Crippen LogP contribution in [0.15, 0.2) is 54.6 Å². The van der Waals surface area contributed by atoms with E-state index in [4.69, 9.17) is 4.74 Å². The zero-order valence-corrected chi connectivity index (χ0v) is 14.6. The molecule has 23 heavy (non-hydrogen) atoms. The Bertz CT molecular complexity index is 608. The Morgan fingerprint density at radius 3 is 2.22 bits per heavy atom. The van der Waals surface area contributed by atoms with Gasteiger partial charge in [-0.25, -0.2) is 0 Å². The second-order valence-electron chi connectivity index (χ2n) is 6.88. The molecule has 0 amide bonds. The summed E-state index contributed by atoms with van der Waals surface area (Å²) in [4.78, 5) is 0. The maximum atomic E-state index is 10.3. The van der Waals surface area contributed by atoms with Gasteiger partial charge in [-0.15, -0.1) is 0 Å². The Labute approximate surface area is 139 Å². The molecule has 0 spiro atoms. The summed E-state index contributed by atoms with van der Waals surface area (Å²) < 4.78 is 6.69. The van der Waals surface area contributed by atoms with Crippen LogP contribution in [0.25, 0.3) is 11.1 Å². The molecular weight excluding hydrogens is 286 g/mol. The highest BCUT2D eigenvalue weighted by Gasteiger charge is 2.24. The van der Waals surface area contributed by atoms with Crippen LogP contribution in [0.4, 0.5) is 0 Å². The number of hydrogen-bond acceptors (Lipinski definition) is 2. The van der Waals surface area contributed by atoms with Crippen LogP contribution in [-0.2, 0) is 0 Å². The predicted octanol–water partition coefficient (Wildman–Crippen LogP) is 3.58. The van der Waals surface area contributed by atoms with E-state index < -0.39 is 6.10 Å². The minimum Gasteiger partial charge on any atom is -0.490 e. The van der Waals surface area contributed by atoms with Crippen LogP contribution < -0.4 is 4.74 Å². The lowest BCUT2D eigenvalue weighted by Gasteiger charge is -2.35. The molecule has 0 aliphatic rings. The Hall–Kier alpha value is -1.84. The van der Waals surface area contributed by atoms with Crippen LogP contribution in [0.2, 0.25) is 0 Å². The molecule has 0 saturated carbocycles.